The topological polar surface area (TPSA) is 38.7 Å². The second-order valence-electron chi connectivity index (χ2n) is 1.22. The van der Waals surface area contributed by atoms with E-state index in [4.69, 9.17) is 0 Å². The van der Waals surface area contributed by atoms with Gasteiger partial charge in [-0.1, -0.05) is 6.92 Å². The summed E-state index contributed by atoms with van der Waals surface area (Å²) < 4.78 is 0. The van der Waals surface area contributed by atoms with Crippen LogP contribution in [0.5, 0.6) is 0 Å². The Labute approximate surface area is 47.4 Å². The van der Waals surface area contributed by atoms with Crippen molar-refractivity contribution >= 4 is 12.6 Å². The average Bonchev–Trinajstić information content (AvgIpc) is 1.61. The zero-order valence-corrected chi connectivity index (χ0v) is 4.89. The molecule has 0 aromatic heterocycles. The Bertz CT molecular complexity index is 56.9. The Kier molecular flexibility index (Phi) is 3.78. The third-order valence-corrected chi connectivity index (χ3v) is 0.518. The lowest BCUT2D eigenvalue weighted by Gasteiger charge is -1.95. The molecule has 4 heteroatoms. The van der Waals surface area contributed by atoms with Gasteiger partial charge in [0.25, 0.3) is 0 Å². The van der Waals surface area contributed by atoms with Gasteiger partial charge in [-0.05, 0) is 0 Å². The highest BCUT2D eigenvalue weighted by molar-refractivity contribution is 7.80. The second-order valence-corrected chi connectivity index (χ2v) is 2.10. The van der Waals surface area contributed by atoms with Crippen molar-refractivity contribution in [2.24, 2.45) is 5.34 Å². The summed E-state index contributed by atoms with van der Waals surface area (Å²) in [7, 11) is 0. The summed E-state index contributed by atoms with van der Waals surface area (Å²) in [4.78, 5) is 13.3. The van der Waals surface area contributed by atoms with E-state index in [9.17, 15) is 4.91 Å². The fraction of sp³-hybridized carbons (Fsp3) is 1.00. The first kappa shape index (κ1) is 6.75. The van der Waals surface area contributed by atoms with Crippen LogP contribution in [-0.2, 0) is 4.84 Å². The molecule has 0 bridgehead atoms. The minimum absolute atomic E-state index is 0.0812. The van der Waals surface area contributed by atoms with Crippen LogP contribution in [0.25, 0.3) is 0 Å². The molecule has 0 rings (SSSR count). The van der Waals surface area contributed by atoms with Crippen molar-refractivity contribution in [2.45, 2.75) is 12.2 Å². The first-order valence-electron chi connectivity index (χ1n) is 1.90. The highest BCUT2D eigenvalue weighted by atomic mass is 32.1. The van der Waals surface area contributed by atoms with Crippen molar-refractivity contribution in [1.82, 2.24) is 0 Å². The Balaban J connectivity index is 2.81. The molecule has 0 aromatic carbocycles. The quantitative estimate of drug-likeness (QED) is 0.343. The monoisotopic (exact) mass is 121 g/mol. The molecule has 0 amide bonds. The maximum Gasteiger partial charge on any atom is 0.155 e. The minimum Gasteiger partial charge on any atom is -0.363 e. The smallest absolute Gasteiger partial charge is 0.155 e. The van der Waals surface area contributed by atoms with E-state index in [-0.39, 0.29) is 11.9 Å². The van der Waals surface area contributed by atoms with E-state index in [1.807, 2.05) is 6.92 Å². The first-order chi connectivity index (χ1) is 3.27. The van der Waals surface area contributed by atoms with Crippen LogP contribution in [0.3, 0.4) is 0 Å². The highest BCUT2D eigenvalue weighted by Gasteiger charge is 1.91. The van der Waals surface area contributed by atoms with Gasteiger partial charge < -0.3 is 4.84 Å². The molecule has 7 heavy (non-hydrogen) atoms. The van der Waals surface area contributed by atoms with Crippen LogP contribution < -0.4 is 0 Å². The van der Waals surface area contributed by atoms with E-state index >= 15 is 0 Å². The maximum absolute atomic E-state index is 9.20. The van der Waals surface area contributed by atoms with Gasteiger partial charge in [0.1, 0.15) is 6.61 Å². The average molecular weight is 121 g/mol. The van der Waals surface area contributed by atoms with Gasteiger partial charge in [0.2, 0.25) is 0 Å². The van der Waals surface area contributed by atoms with E-state index in [1.165, 1.54) is 0 Å². The van der Waals surface area contributed by atoms with Gasteiger partial charge in [0.15, 0.2) is 5.34 Å². The van der Waals surface area contributed by atoms with Crippen molar-refractivity contribution < 1.29 is 4.84 Å². The lowest BCUT2D eigenvalue weighted by Crippen LogP contribution is -1.99. The van der Waals surface area contributed by atoms with Gasteiger partial charge in [0.05, 0.1) is 0 Å². The molecule has 0 saturated heterocycles. The number of rotatable bonds is 3. The molecule has 1 atom stereocenters. The summed E-state index contributed by atoms with van der Waals surface area (Å²) in [5.74, 6) is 0. The molecule has 0 aromatic rings. The van der Waals surface area contributed by atoms with Crippen LogP contribution >= 0.6 is 12.6 Å². The minimum atomic E-state index is 0.0812. The predicted octanol–water partition coefficient (Wildman–Crippen LogP) is 1.00. The van der Waals surface area contributed by atoms with E-state index < -0.39 is 0 Å². The summed E-state index contributed by atoms with van der Waals surface area (Å²) in [6, 6.07) is 0. The number of thiol groups is 1. The summed E-state index contributed by atoms with van der Waals surface area (Å²) in [5.41, 5.74) is 0. The van der Waals surface area contributed by atoms with Crippen LogP contribution in [0.1, 0.15) is 6.92 Å². The van der Waals surface area contributed by atoms with Crippen LogP contribution in [0, 0.1) is 4.91 Å². The van der Waals surface area contributed by atoms with Crippen LogP contribution in [0.15, 0.2) is 5.34 Å². The summed E-state index contributed by atoms with van der Waals surface area (Å²) >= 11 is 3.91. The third kappa shape index (κ3) is 5.75. The molecule has 3 nitrogen and oxygen atoms in total. The molecule has 0 spiro atoms. The lowest BCUT2D eigenvalue weighted by atomic mass is 10.5. The highest BCUT2D eigenvalue weighted by Crippen LogP contribution is 1.91. The molecule has 0 aliphatic carbocycles. The molecule has 0 saturated carbocycles. The van der Waals surface area contributed by atoms with E-state index in [0.717, 1.165) is 0 Å². The van der Waals surface area contributed by atoms with Crippen LogP contribution in [0.2, 0.25) is 0 Å². The van der Waals surface area contributed by atoms with Crippen molar-refractivity contribution in [1.29, 1.82) is 0 Å². The van der Waals surface area contributed by atoms with E-state index in [0.29, 0.717) is 0 Å². The lowest BCUT2D eigenvalue weighted by molar-refractivity contribution is 0.144. The Morgan fingerprint density at radius 3 is 2.71 bits per heavy atom. The molecule has 0 fully saturated rings. The van der Waals surface area contributed by atoms with Crippen LogP contribution in [-0.4, -0.2) is 11.9 Å². The van der Waals surface area contributed by atoms with Crippen molar-refractivity contribution in [2.75, 3.05) is 6.61 Å². The van der Waals surface area contributed by atoms with Gasteiger partial charge in [-0.15, -0.1) is 4.91 Å². The molecule has 0 heterocycles. The Morgan fingerprint density at radius 2 is 2.57 bits per heavy atom. The van der Waals surface area contributed by atoms with Gasteiger partial charge in [-0.25, -0.2) is 0 Å². The normalized spacial score (nSPS) is 12.9. The zero-order valence-electron chi connectivity index (χ0n) is 4.00. The standard InChI is InChI=1S/C3H7NO2S/c1-3(7)2-6-4-5/h3,7H,2H2,1H3. The van der Waals surface area contributed by atoms with Crippen LogP contribution in [0.4, 0.5) is 0 Å². The fourth-order valence-corrected chi connectivity index (χ4v) is 0.205. The molecular weight excluding hydrogens is 114 g/mol. The van der Waals surface area contributed by atoms with E-state index in [1.54, 1.807) is 0 Å². The number of hydrogen-bond acceptors (Lipinski definition) is 4. The molecule has 0 aliphatic heterocycles. The van der Waals surface area contributed by atoms with E-state index in [2.05, 4.69) is 22.8 Å². The first-order valence-corrected chi connectivity index (χ1v) is 2.41. The molecular formula is C3H7NO2S. The second kappa shape index (κ2) is 3.92. The van der Waals surface area contributed by atoms with Crippen molar-refractivity contribution in [3.63, 3.8) is 0 Å². The number of nitrogens with zero attached hydrogens (tertiary/aromatic N) is 1. The molecule has 0 radical (unpaired) electrons. The van der Waals surface area contributed by atoms with Crippen molar-refractivity contribution in [3.8, 4) is 0 Å². The Morgan fingerprint density at radius 1 is 2.00 bits per heavy atom. The summed E-state index contributed by atoms with van der Waals surface area (Å²) in [6.45, 7) is 2.10. The largest absolute Gasteiger partial charge is 0.363 e. The summed E-state index contributed by atoms with van der Waals surface area (Å²) in [5, 5.41) is 2.26. The van der Waals surface area contributed by atoms with Gasteiger partial charge >= 0.3 is 0 Å². The molecule has 0 N–H and O–H groups in total. The van der Waals surface area contributed by atoms with Crippen molar-refractivity contribution in [3.05, 3.63) is 4.91 Å². The van der Waals surface area contributed by atoms with Gasteiger partial charge in [-0.2, -0.15) is 12.6 Å². The summed E-state index contributed by atoms with van der Waals surface area (Å²) in [6.07, 6.45) is 0. The van der Waals surface area contributed by atoms with Gasteiger partial charge in [0, 0.05) is 5.25 Å². The number of hydrogen-bond donors (Lipinski definition) is 1. The molecule has 42 valence electrons. The predicted molar refractivity (Wildman–Crippen MR) is 30.2 cm³/mol. The fourth-order valence-electron chi connectivity index (χ4n) is 0.138. The molecule has 0 aliphatic rings. The SMILES string of the molecule is CC(S)CON=O. The maximum atomic E-state index is 9.20. The van der Waals surface area contributed by atoms with Gasteiger partial charge in [-0.3, -0.25) is 0 Å². The zero-order chi connectivity index (χ0) is 5.70. The molecule has 1 unspecified atom stereocenters. The third-order valence-electron chi connectivity index (χ3n) is 0.368. The Hall–Kier alpha value is -0.250.